The van der Waals surface area contributed by atoms with E-state index in [4.69, 9.17) is 11.6 Å². The Labute approximate surface area is 235 Å². The minimum atomic E-state index is -0.657. The van der Waals surface area contributed by atoms with E-state index in [1.807, 2.05) is 12.1 Å². The molecule has 4 aromatic rings. The van der Waals surface area contributed by atoms with Crippen molar-refractivity contribution in [2.75, 3.05) is 17.2 Å². The van der Waals surface area contributed by atoms with Crippen molar-refractivity contribution in [3.8, 4) is 0 Å². The van der Waals surface area contributed by atoms with Crippen molar-refractivity contribution in [3.05, 3.63) is 100 Å². The summed E-state index contributed by atoms with van der Waals surface area (Å²) >= 11 is 6.42. The summed E-state index contributed by atoms with van der Waals surface area (Å²) in [4.78, 5) is 51.6. The van der Waals surface area contributed by atoms with Crippen molar-refractivity contribution in [2.45, 2.75) is 6.54 Å². The summed E-state index contributed by atoms with van der Waals surface area (Å²) in [6, 6.07) is 16.3. The highest BCUT2D eigenvalue weighted by molar-refractivity contribution is 8.18. The molecule has 0 unspecified atom stereocenters. The molecular formula is C28H19ClF2N4O4S. The number of halogens is 3. The molecule has 1 aliphatic rings. The number of aromatic nitrogens is 1. The fraction of sp³-hybridized carbons (Fsp3) is 0.0714. The highest BCUT2D eigenvalue weighted by Crippen LogP contribution is 2.34. The summed E-state index contributed by atoms with van der Waals surface area (Å²) in [7, 11) is 0. The van der Waals surface area contributed by atoms with Crippen LogP contribution in [0.5, 0.6) is 0 Å². The maximum atomic E-state index is 13.4. The van der Waals surface area contributed by atoms with Crippen molar-refractivity contribution in [1.29, 1.82) is 0 Å². The first-order valence-electron chi connectivity index (χ1n) is 11.8. The molecule has 2 heterocycles. The van der Waals surface area contributed by atoms with Gasteiger partial charge in [0.1, 0.15) is 24.7 Å². The Hall–Kier alpha value is -4.48. The zero-order valence-electron chi connectivity index (χ0n) is 20.5. The number of amides is 4. The zero-order chi connectivity index (χ0) is 28.4. The lowest BCUT2D eigenvalue weighted by molar-refractivity contribution is -0.127. The molecule has 0 aliphatic carbocycles. The van der Waals surface area contributed by atoms with Gasteiger partial charge in [0.15, 0.2) is 0 Å². The van der Waals surface area contributed by atoms with Crippen molar-refractivity contribution in [2.24, 2.45) is 0 Å². The predicted octanol–water partition coefficient (Wildman–Crippen LogP) is 5.89. The summed E-state index contributed by atoms with van der Waals surface area (Å²) < 4.78 is 28.2. The smallest absolute Gasteiger partial charge is 0.294 e. The van der Waals surface area contributed by atoms with Crippen LogP contribution in [0.15, 0.2) is 77.8 Å². The Morgan fingerprint density at radius 3 is 2.33 bits per heavy atom. The molecule has 0 bridgehead atoms. The van der Waals surface area contributed by atoms with Crippen LogP contribution in [0.25, 0.3) is 17.0 Å². The molecule has 1 aromatic heterocycles. The van der Waals surface area contributed by atoms with E-state index in [1.54, 1.807) is 29.0 Å². The van der Waals surface area contributed by atoms with Crippen LogP contribution in [0.2, 0.25) is 5.02 Å². The zero-order valence-corrected chi connectivity index (χ0v) is 22.1. The second kappa shape index (κ2) is 11.3. The van der Waals surface area contributed by atoms with Crippen molar-refractivity contribution in [1.82, 2.24) is 9.47 Å². The van der Waals surface area contributed by atoms with Gasteiger partial charge in [-0.25, -0.2) is 8.78 Å². The highest BCUT2D eigenvalue weighted by Gasteiger charge is 2.36. The fourth-order valence-corrected chi connectivity index (χ4v) is 5.11. The molecule has 5 rings (SSSR count). The fourth-order valence-electron chi connectivity index (χ4n) is 4.11. The lowest BCUT2D eigenvalue weighted by Gasteiger charge is -2.12. The molecule has 202 valence electrons. The molecule has 40 heavy (non-hydrogen) atoms. The Kier molecular flexibility index (Phi) is 7.67. The molecule has 1 aliphatic heterocycles. The third kappa shape index (κ3) is 5.90. The molecule has 1 saturated heterocycles. The summed E-state index contributed by atoms with van der Waals surface area (Å²) in [5.74, 6) is -2.71. The molecule has 4 amide bonds. The SMILES string of the molecule is O=C(CN1C(=O)S/C(=C\c2cn(CC(=O)Nc3ccc(F)cc3)c3ccccc23)C1=O)Nc1ccc(F)c(Cl)c1. The molecule has 1 fully saturated rings. The normalized spacial score (nSPS) is 14.3. The third-order valence-electron chi connectivity index (χ3n) is 5.93. The quantitative estimate of drug-likeness (QED) is 0.266. The van der Waals surface area contributed by atoms with Gasteiger partial charge in [-0.1, -0.05) is 29.8 Å². The first-order chi connectivity index (χ1) is 19.2. The number of carbonyl (C=O) groups is 4. The van der Waals surface area contributed by atoms with Gasteiger partial charge in [-0.3, -0.25) is 24.1 Å². The van der Waals surface area contributed by atoms with Gasteiger partial charge in [-0.05, 0) is 66.4 Å². The highest BCUT2D eigenvalue weighted by atomic mass is 35.5. The second-order valence-electron chi connectivity index (χ2n) is 8.73. The predicted molar refractivity (Wildman–Crippen MR) is 150 cm³/mol. The number of hydrogen-bond acceptors (Lipinski definition) is 5. The van der Waals surface area contributed by atoms with Crippen LogP contribution in [-0.2, 0) is 20.9 Å². The molecule has 3 aromatic carbocycles. The maximum absolute atomic E-state index is 13.4. The number of thioether (sulfide) groups is 1. The molecule has 12 heteroatoms. The van der Waals surface area contributed by atoms with Gasteiger partial charge in [0, 0.05) is 34.0 Å². The van der Waals surface area contributed by atoms with Gasteiger partial charge in [0.25, 0.3) is 11.1 Å². The van der Waals surface area contributed by atoms with Gasteiger partial charge >= 0.3 is 0 Å². The van der Waals surface area contributed by atoms with E-state index in [9.17, 15) is 28.0 Å². The number of benzene rings is 3. The minimum absolute atomic E-state index is 0.0548. The molecule has 0 spiro atoms. The third-order valence-corrected chi connectivity index (χ3v) is 7.12. The largest absolute Gasteiger partial charge is 0.337 e. The molecule has 0 radical (unpaired) electrons. The number of fused-ring (bicyclic) bond motifs is 1. The average molecular weight is 581 g/mol. The number of nitrogens with one attached hydrogen (secondary N) is 2. The van der Waals surface area contributed by atoms with Crippen LogP contribution in [0.1, 0.15) is 5.56 Å². The van der Waals surface area contributed by atoms with E-state index in [0.717, 1.165) is 21.9 Å². The Bertz CT molecular complexity index is 1700. The van der Waals surface area contributed by atoms with Gasteiger partial charge in [0.05, 0.1) is 9.93 Å². The van der Waals surface area contributed by atoms with Crippen LogP contribution < -0.4 is 10.6 Å². The van der Waals surface area contributed by atoms with E-state index in [2.05, 4.69) is 10.6 Å². The van der Waals surface area contributed by atoms with Crippen molar-refractivity contribution >= 4 is 74.7 Å². The van der Waals surface area contributed by atoms with Crippen LogP contribution in [0.4, 0.5) is 25.0 Å². The Morgan fingerprint density at radius 2 is 1.57 bits per heavy atom. The Balaban J connectivity index is 1.32. The van der Waals surface area contributed by atoms with Crippen molar-refractivity contribution < 1.29 is 28.0 Å². The number of para-hydroxylation sites is 1. The standard InChI is InChI=1S/C28H19ClF2N4O4S/c29-21-12-19(9-10-22(21)31)33-26(37)15-35-27(38)24(40-28(35)39)11-16-13-34(23-4-2-1-3-20(16)23)14-25(36)32-18-7-5-17(30)6-8-18/h1-13H,14-15H2,(H,32,36)(H,33,37)/b24-11-. The number of carbonyl (C=O) groups excluding carboxylic acids is 4. The van der Waals surface area contributed by atoms with E-state index in [0.29, 0.717) is 23.0 Å². The number of hydrogen-bond donors (Lipinski definition) is 2. The first-order valence-corrected chi connectivity index (χ1v) is 13.0. The molecule has 8 nitrogen and oxygen atoms in total. The van der Waals surface area contributed by atoms with E-state index >= 15 is 0 Å². The van der Waals surface area contributed by atoms with E-state index in [-0.39, 0.29) is 28.1 Å². The molecule has 2 N–H and O–H groups in total. The van der Waals surface area contributed by atoms with Crippen LogP contribution >= 0.6 is 23.4 Å². The van der Waals surface area contributed by atoms with Crippen molar-refractivity contribution in [3.63, 3.8) is 0 Å². The Morgan fingerprint density at radius 1 is 0.900 bits per heavy atom. The summed E-state index contributed by atoms with van der Waals surface area (Å²) in [6.07, 6.45) is 3.23. The second-order valence-corrected chi connectivity index (χ2v) is 10.1. The van der Waals surface area contributed by atoms with Gasteiger partial charge in [0.2, 0.25) is 11.8 Å². The summed E-state index contributed by atoms with van der Waals surface area (Å²) in [5.41, 5.74) is 1.99. The minimum Gasteiger partial charge on any atom is -0.337 e. The summed E-state index contributed by atoms with van der Waals surface area (Å²) in [6.45, 7) is -0.594. The van der Waals surface area contributed by atoms with Crippen LogP contribution in [0, 0.1) is 11.6 Å². The van der Waals surface area contributed by atoms with Gasteiger partial charge in [-0.2, -0.15) is 0 Å². The maximum Gasteiger partial charge on any atom is 0.294 e. The van der Waals surface area contributed by atoms with Gasteiger partial charge < -0.3 is 15.2 Å². The van der Waals surface area contributed by atoms with Crippen LogP contribution in [-0.4, -0.2) is 39.0 Å². The molecule has 0 atom stereocenters. The van der Waals surface area contributed by atoms with Gasteiger partial charge in [-0.15, -0.1) is 0 Å². The average Bonchev–Trinajstić information content (AvgIpc) is 3.39. The number of rotatable bonds is 7. The number of nitrogens with zero attached hydrogens (tertiary/aromatic N) is 2. The van der Waals surface area contributed by atoms with E-state index in [1.165, 1.54) is 36.4 Å². The first kappa shape index (κ1) is 27.1. The lowest BCUT2D eigenvalue weighted by Crippen LogP contribution is -2.36. The van der Waals surface area contributed by atoms with Crippen LogP contribution in [0.3, 0.4) is 0 Å². The monoisotopic (exact) mass is 580 g/mol. The topological polar surface area (TPSA) is 101 Å². The lowest BCUT2D eigenvalue weighted by atomic mass is 10.1. The number of imide groups is 1. The number of anilines is 2. The molecule has 0 saturated carbocycles. The summed E-state index contributed by atoms with van der Waals surface area (Å²) in [5, 5.41) is 5.14. The van der Waals surface area contributed by atoms with E-state index < -0.39 is 35.2 Å². The molecular weight excluding hydrogens is 562 g/mol.